The molecule has 0 aliphatic rings. The Morgan fingerprint density at radius 2 is 1.92 bits per heavy atom. The number of nitrogens with one attached hydrogen (secondary N) is 1. The summed E-state index contributed by atoms with van der Waals surface area (Å²) in [5, 5.41) is 22.9. The number of hydrogen-bond acceptors (Lipinski definition) is 9. The van der Waals surface area contributed by atoms with Crippen molar-refractivity contribution in [1.82, 2.24) is 15.0 Å². The fourth-order valence-electron chi connectivity index (χ4n) is 3.49. The molecular weight excluding hydrogens is 484 g/mol. The topological polar surface area (TPSA) is 160 Å². The molecule has 38 heavy (non-hydrogen) atoms. The highest BCUT2D eigenvalue weighted by Crippen LogP contribution is 2.33. The maximum atomic E-state index is 10.6. The molecule has 0 spiro atoms. The van der Waals surface area contributed by atoms with Crippen LogP contribution >= 0.6 is 0 Å². The first-order valence-corrected chi connectivity index (χ1v) is 11.7. The smallest absolute Gasteiger partial charge is 0.327 e. The van der Waals surface area contributed by atoms with Crippen molar-refractivity contribution in [2.24, 2.45) is 21.2 Å². The lowest BCUT2D eigenvalue weighted by molar-refractivity contribution is -0.135. The highest BCUT2D eigenvalue weighted by atomic mass is 16.5. The molecule has 0 bridgehead atoms. The van der Waals surface area contributed by atoms with Gasteiger partial charge in [-0.25, -0.2) is 9.97 Å². The van der Waals surface area contributed by atoms with Crippen molar-refractivity contribution in [2.75, 3.05) is 11.9 Å². The van der Waals surface area contributed by atoms with Gasteiger partial charge in [0.2, 0.25) is 0 Å². The van der Waals surface area contributed by atoms with Crippen molar-refractivity contribution in [3.63, 3.8) is 0 Å². The second-order valence-corrected chi connectivity index (χ2v) is 8.27. The number of hydrazone groups is 1. The summed E-state index contributed by atoms with van der Waals surface area (Å²) in [6, 6.07) is 18.7. The van der Waals surface area contributed by atoms with Crippen LogP contribution in [0.3, 0.4) is 0 Å². The van der Waals surface area contributed by atoms with Gasteiger partial charge in [-0.3, -0.25) is 9.78 Å². The van der Waals surface area contributed by atoms with E-state index in [1.165, 1.54) is 0 Å². The van der Waals surface area contributed by atoms with Crippen molar-refractivity contribution < 1.29 is 14.6 Å². The van der Waals surface area contributed by atoms with E-state index in [1.54, 1.807) is 24.5 Å². The number of aromatic nitrogens is 3. The predicted octanol–water partition coefficient (Wildman–Crippen LogP) is 5.04. The highest BCUT2D eigenvalue weighted by molar-refractivity contribution is 5.85. The Bertz CT molecular complexity index is 1490. The number of carboxylic acids is 1. The number of amidine groups is 1. The molecule has 0 fully saturated rings. The summed E-state index contributed by atoms with van der Waals surface area (Å²) in [5.74, 6) is 6.26. The number of azo groups is 1. The van der Waals surface area contributed by atoms with Crippen LogP contribution in [-0.4, -0.2) is 38.4 Å². The Hall–Kier alpha value is -5.19. The van der Waals surface area contributed by atoms with Gasteiger partial charge in [0.1, 0.15) is 17.3 Å². The van der Waals surface area contributed by atoms with Crippen LogP contribution in [0.15, 0.2) is 88.4 Å². The molecule has 0 radical (unpaired) electrons. The fourth-order valence-corrected chi connectivity index (χ4v) is 3.49. The van der Waals surface area contributed by atoms with Gasteiger partial charge in [0.05, 0.1) is 5.69 Å². The number of hydrogen-bond donors (Lipinski definition) is 3. The third-order valence-corrected chi connectivity index (χ3v) is 5.40. The molecule has 0 aliphatic carbocycles. The van der Waals surface area contributed by atoms with Crippen LogP contribution < -0.4 is 15.9 Å². The molecule has 1 aromatic carbocycles. The maximum Gasteiger partial charge on any atom is 0.327 e. The summed E-state index contributed by atoms with van der Waals surface area (Å²) in [6.07, 6.45) is 3.65. The van der Waals surface area contributed by atoms with Crippen LogP contribution in [-0.2, 0) is 11.2 Å². The zero-order valence-corrected chi connectivity index (χ0v) is 20.9. The number of aryl methyl sites for hydroxylation is 2. The number of rotatable bonds is 9. The summed E-state index contributed by atoms with van der Waals surface area (Å²) in [7, 11) is 0. The largest absolute Gasteiger partial charge is 0.480 e. The molecule has 0 saturated heterocycles. The molecule has 0 saturated carbocycles. The average molecular weight is 511 g/mol. The van der Waals surface area contributed by atoms with E-state index in [0.717, 1.165) is 28.2 Å². The van der Waals surface area contributed by atoms with Gasteiger partial charge >= 0.3 is 5.97 Å². The second-order valence-electron chi connectivity index (χ2n) is 8.27. The van der Waals surface area contributed by atoms with E-state index in [2.05, 4.69) is 30.6 Å². The first-order chi connectivity index (χ1) is 18.4. The van der Waals surface area contributed by atoms with E-state index in [9.17, 15) is 4.79 Å². The maximum absolute atomic E-state index is 10.6. The zero-order valence-electron chi connectivity index (χ0n) is 20.9. The lowest BCUT2D eigenvalue weighted by atomic mass is 10.1. The summed E-state index contributed by atoms with van der Waals surface area (Å²) in [5.41, 5.74) is 4.91. The van der Waals surface area contributed by atoms with Gasteiger partial charge in [-0.15, -0.1) is 5.11 Å². The number of nitrogens with zero attached hydrogens (tertiary/aromatic N) is 6. The third-order valence-electron chi connectivity index (χ3n) is 5.40. The predicted molar refractivity (Wildman–Crippen MR) is 144 cm³/mol. The molecule has 4 aromatic rings. The number of benzene rings is 1. The molecular formula is C27H26N8O3. The molecule has 4 N–H and O–H groups in total. The van der Waals surface area contributed by atoms with E-state index >= 15 is 0 Å². The summed E-state index contributed by atoms with van der Waals surface area (Å²) >= 11 is 0. The summed E-state index contributed by atoms with van der Waals surface area (Å²) in [6.45, 7) is 3.49. The molecule has 3 aromatic heterocycles. The quantitative estimate of drug-likeness (QED) is 0.0927. The minimum atomic E-state index is -1.09. The molecule has 0 aliphatic heterocycles. The molecule has 0 atom stereocenters. The van der Waals surface area contributed by atoms with Crippen molar-refractivity contribution in [2.45, 2.75) is 20.3 Å². The van der Waals surface area contributed by atoms with Gasteiger partial charge in [-0.05, 0) is 61.4 Å². The van der Waals surface area contributed by atoms with Crippen LogP contribution in [0.5, 0.6) is 11.5 Å². The fraction of sp³-hybridized carbons (Fsp3) is 0.148. The number of aliphatic carboxylic acids is 1. The van der Waals surface area contributed by atoms with Crippen LogP contribution in [0.1, 0.15) is 16.8 Å². The Labute approximate surface area is 219 Å². The van der Waals surface area contributed by atoms with Crippen molar-refractivity contribution >= 4 is 23.3 Å². The van der Waals surface area contributed by atoms with Crippen molar-refractivity contribution in [3.8, 4) is 22.9 Å². The summed E-state index contributed by atoms with van der Waals surface area (Å²) < 4.78 is 6.25. The van der Waals surface area contributed by atoms with Gasteiger partial charge in [0.25, 0.3) is 0 Å². The summed E-state index contributed by atoms with van der Waals surface area (Å²) in [4.78, 5) is 24.2. The molecule has 11 nitrogen and oxygen atoms in total. The number of carboxylic acid groups (broad SMARTS) is 1. The van der Waals surface area contributed by atoms with Crippen LogP contribution in [0.4, 0.5) is 11.5 Å². The van der Waals surface area contributed by atoms with E-state index < -0.39 is 12.5 Å². The van der Waals surface area contributed by atoms with Gasteiger partial charge in [-0.1, -0.05) is 18.2 Å². The first-order valence-electron chi connectivity index (χ1n) is 11.7. The lowest BCUT2D eigenvalue weighted by Gasteiger charge is -2.14. The van der Waals surface area contributed by atoms with Crippen LogP contribution in [0.25, 0.3) is 11.4 Å². The molecule has 11 heteroatoms. The Morgan fingerprint density at radius 1 is 1.05 bits per heavy atom. The zero-order chi connectivity index (χ0) is 26.9. The molecule has 4 rings (SSSR count). The minimum absolute atomic E-state index is 0.211. The Kier molecular flexibility index (Phi) is 8.29. The molecule has 0 amide bonds. The second kappa shape index (κ2) is 12.2. The van der Waals surface area contributed by atoms with Gasteiger partial charge < -0.3 is 21.0 Å². The van der Waals surface area contributed by atoms with E-state index in [4.69, 9.17) is 20.7 Å². The van der Waals surface area contributed by atoms with Crippen LogP contribution in [0, 0.1) is 13.8 Å². The SMILES string of the molecule is Cc1cc(Oc2ccnc(Nc3cccc(C/C(N=NCC(=O)O)=N/N)c3)c2)c(-c2ccccn2)nc1C. The van der Waals surface area contributed by atoms with Gasteiger partial charge in [0.15, 0.2) is 18.1 Å². The van der Waals surface area contributed by atoms with E-state index in [0.29, 0.717) is 23.0 Å². The Balaban J connectivity index is 1.51. The molecule has 3 heterocycles. The monoisotopic (exact) mass is 510 g/mol. The number of ether oxygens (including phenoxy) is 1. The number of carbonyl (C=O) groups is 1. The number of nitrogens with two attached hydrogens (primary N) is 1. The minimum Gasteiger partial charge on any atom is -0.480 e. The van der Waals surface area contributed by atoms with E-state index in [-0.39, 0.29) is 12.3 Å². The number of anilines is 2. The van der Waals surface area contributed by atoms with Crippen molar-refractivity contribution in [1.29, 1.82) is 0 Å². The lowest BCUT2D eigenvalue weighted by Crippen LogP contribution is -2.05. The van der Waals surface area contributed by atoms with Crippen molar-refractivity contribution in [3.05, 3.63) is 89.9 Å². The van der Waals surface area contributed by atoms with Gasteiger partial charge in [0, 0.05) is 36.3 Å². The normalized spacial score (nSPS) is 11.5. The van der Waals surface area contributed by atoms with E-state index in [1.807, 2.05) is 62.4 Å². The average Bonchev–Trinajstić information content (AvgIpc) is 2.91. The van der Waals surface area contributed by atoms with Crippen LogP contribution in [0.2, 0.25) is 0 Å². The molecule has 0 unspecified atom stereocenters. The molecule has 192 valence electrons. The standard InChI is InChI=1S/C27H26N8O3/c1-17-12-23(27(32-18(17)2)22-8-3-4-10-29-22)38-21-9-11-30-24(15-21)33-20-7-5-6-19(13-20)14-25(34-28)35-31-16-26(36)37/h3-13,15H,14,16,28H2,1-2H3,(H,30,33)(H,36,37)/b34-25-,35-31?. The highest BCUT2D eigenvalue weighted by Gasteiger charge is 2.13. The van der Waals surface area contributed by atoms with Gasteiger partial charge in [-0.2, -0.15) is 10.2 Å². The number of pyridine rings is 3. The Morgan fingerprint density at radius 3 is 2.68 bits per heavy atom. The first kappa shape index (κ1) is 25.9. The third kappa shape index (κ3) is 6.94.